The lowest BCUT2D eigenvalue weighted by atomic mass is 9.65. The van der Waals surface area contributed by atoms with E-state index in [1.165, 1.54) is 22.1 Å². The van der Waals surface area contributed by atoms with E-state index in [0.717, 1.165) is 12.8 Å². The number of aliphatic hydroxyl groups excluding tert-OH is 1. The third-order valence-electron chi connectivity index (χ3n) is 3.67. The molecule has 0 spiro atoms. The molecule has 0 unspecified atom stereocenters. The number of benzene rings is 1. The van der Waals surface area contributed by atoms with Gasteiger partial charge in [-0.05, 0) is 35.2 Å². The van der Waals surface area contributed by atoms with Crippen LogP contribution in [0.2, 0.25) is 0 Å². The number of fused-ring (bicyclic) bond motifs is 1. The lowest BCUT2D eigenvalue weighted by molar-refractivity contribution is 0.122. The van der Waals surface area contributed by atoms with Gasteiger partial charge in [-0.1, -0.05) is 24.6 Å². The minimum Gasteiger partial charge on any atom is -0.395 e. The Kier molecular flexibility index (Phi) is 2.08. The van der Waals surface area contributed by atoms with Crippen LogP contribution in [0.15, 0.2) is 29.6 Å². The number of aliphatic hydroxyl groups is 1. The number of rotatable bonds is 2. The fraction of sp³-hybridized carbons (Fsp3) is 0.385. The van der Waals surface area contributed by atoms with Crippen LogP contribution in [-0.4, -0.2) is 11.7 Å². The molecule has 2 aromatic rings. The Morgan fingerprint density at radius 1 is 1.27 bits per heavy atom. The van der Waals surface area contributed by atoms with Gasteiger partial charge in [-0.3, -0.25) is 0 Å². The molecule has 3 rings (SSSR count). The Morgan fingerprint density at radius 2 is 2.07 bits per heavy atom. The minimum absolute atomic E-state index is 0.0829. The van der Waals surface area contributed by atoms with Crippen molar-refractivity contribution in [3.05, 3.63) is 35.2 Å². The van der Waals surface area contributed by atoms with Gasteiger partial charge in [0, 0.05) is 10.1 Å². The van der Waals surface area contributed by atoms with Crippen molar-refractivity contribution in [2.75, 3.05) is 6.61 Å². The quantitative estimate of drug-likeness (QED) is 0.820. The van der Waals surface area contributed by atoms with E-state index in [1.54, 1.807) is 11.3 Å². The van der Waals surface area contributed by atoms with Crippen molar-refractivity contribution in [1.82, 2.24) is 0 Å². The molecule has 1 aliphatic rings. The van der Waals surface area contributed by atoms with Crippen molar-refractivity contribution in [2.45, 2.75) is 24.7 Å². The second-order valence-corrected chi connectivity index (χ2v) is 5.35. The molecular weight excluding hydrogens is 204 g/mol. The van der Waals surface area contributed by atoms with Gasteiger partial charge in [-0.2, -0.15) is 0 Å². The Balaban J connectivity index is 2.18. The molecular formula is C13H14OS. The highest BCUT2D eigenvalue weighted by Gasteiger charge is 2.39. The van der Waals surface area contributed by atoms with Gasteiger partial charge in [0.15, 0.2) is 0 Å². The third kappa shape index (κ3) is 1.25. The number of hydrogen-bond donors (Lipinski definition) is 1. The van der Waals surface area contributed by atoms with E-state index in [4.69, 9.17) is 0 Å². The first-order chi connectivity index (χ1) is 7.36. The molecule has 1 aromatic carbocycles. The predicted molar refractivity (Wildman–Crippen MR) is 64.4 cm³/mol. The average Bonchev–Trinajstić information content (AvgIpc) is 2.62. The maximum absolute atomic E-state index is 9.57. The molecule has 0 radical (unpaired) electrons. The molecule has 0 aliphatic heterocycles. The van der Waals surface area contributed by atoms with Crippen LogP contribution in [0, 0.1) is 0 Å². The summed E-state index contributed by atoms with van der Waals surface area (Å²) >= 11 is 1.79. The van der Waals surface area contributed by atoms with Crippen molar-refractivity contribution >= 4 is 21.4 Å². The first-order valence-corrected chi connectivity index (χ1v) is 6.31. The first kappa shape index (κ1) is 9.37. The molecule has 0 saturated heterocycles. The van der Waals surface area contributed by atoms with Gasteiger partial charge in [0.05, 0.1) is 6.61 Å². The number of hydrogen-bond acceptors (Lipinski definition) is 2. The number of thiophene rings is 1. The van der Waals surface area contributed by atoms with Gasteiger partial charge < -0.3 is 5.11 Å². The van der Waals surface area contributed by atoms with E-state index in [0.29, 0.717) is 6.61 Å². The van der Waals surface area contributed by atoms with E-state index in [9.17, 15) is 5.11 Å². The van der Waals surface area contributed by atoms with Crippen molar-refractivity contribution in [1.29, 1.82) is 0 Å². The Hall–Kier alpha value is -0.860. The van der Waals surface area contributed by atoms with Gasteiger partial charge in [-0.15, -0.1) is 11.3 Å². The van der Waals surface area contributed by atoms with Crippen LogP contribution in [0.5, 0.6) is 0 Å². The van der Waals surface area contributed by atoms with E-state index in [1.807, 2.05) is 0 Å². The highest BCUT2D eigenvalue weighted by Crippen LogP contribution is 2.47. The van der Waals surface area contributed by atoms with Gasteiger partial charge in [0.2, 0.25) is 0 Å². The van der Waals surface area contributed by atoms with Crippen LogP contribution in [-0.2, 0) is 5.41 Å². The molecule has 15 heavy (non-hydrogen) atoms. The van der Waals surface area contributed by atoms with Gasteiger partial charge >= 0.3 is 0 Å². The van der Waals surface area contributed by atoms with Crippen LogP contribution in [0.25, 0.3) is 10.1 Å². The molecule has 2 heteroatoms. The zero-order valence-corrected chi connectivity index (χ0v) is 9.39. The Labute approximate surface area is 93.4 Å². The standard InChI is InChI=1S/C13H14OS/c14-9-13(6-3-7-13)11-8-15-12-5-2-1-4-10(11)12/h1-2,4-5,8,14H,3,6-7,9H2. The summed E-state index contributed by atoms with van der Waals surface area (Å²) in [5.41, 5.74) is 1.46. The fourth-order valence-electron chi connectivity index (χ4n) is 2.50. The molecule has 0 atom stereocenters. The molecule has 1 nitrogen and oxygen atoms in total. The lowest BCUT2D eigenvalue weighted by Gasteiger charge is -2.40. The van der Waals surface area contributed by atoms with Crippen LogP contribution in [0.1, 0.15) is 24.8 Å². The van der Waals surface area contributed by atoms with Gasteiger partial charge in [0.1, 0.15) is 0 Å². The van der Waals surface area contributed by atoms with Crippen LogP contribution in [0.3, 0.4) is 0 Å². The molecule has 1 aromatic heterocycles. The van der Waals surface area contributed by atoms with Gasteiger partial charge in [-0.25, -0.2) is 0 Å². The van der Waals surface area contributed by atoms with Crippen LogP contribution >= 0.6 is 11.3 Å². The molecule has 0 amide bonds. The van der Waals surface area contributed by atoms with E-state index >= 15 is 0 Å². The molecule has 1 aliphatic carbocycles. The fourth-order valence-corrected chi connectivity index (χ4v) is 3.59. The van der Waals surface area contributed by atoms with Crippen molar-refractivity contribution in [3.63, 3.8) is 0 Å². The molecule has 1 heterocycles. The SMILES string of the molecule is OCC1(c2csc3ccccc23)CCC1. The topological polar surface area (TPSA) is 20.2 Å². The van der Waals surface area contributed by atoms with E-state index in [2.05, 4.69) is 29.6 Å². The minimum atomic E-state index is 0.0829. The largest absolute Gasteiger partial charge is 0.395 e. The smallest absolute Gasteiger partial charge is 0.0528 e. The Morgan fingerprint density at radius 3 is 2.73 bits per heavy atom. The highest BCUT2D eigenvalue weighted by atomic mass is 32.1. The Bertz CT molecular complexity index is 476. The van der Waals surface area contributed by atoms with Crippen molar-refractivity contribution in [3.8, 4) is 0 Å². The molecule has 78 valence electrons. The highest BCUT2D eigenvalue weighted by molar-refractivity contribution is 7.17. The summed E-state index contributed by atoms with van der Waals surface area (Å²) in [5.74, 6) is 0. The lowest BCUT2D eigenvalue weighted by Crippen LogP contribution is -2.37. The molecule has 1 fully saturated rings. The zero-order chi connectivity index (χ0) is 10.3. The summed E-state index contributed by atoms with van der Waals surface area (Å²) in [4.78, 5) is 0. The van der Waals surface area contributed by atoms with E-state index in [-0.39, 0.29) is 5.41 Å². The molecule has 0 bridgehead atoms. The van der Waals surface area contributed by atoms with Crippen molar-refractivity contribution in [2.24, 2.45) is 0 Å². The zero-order valence-electron chi connectivity index (χ0n) is 8.57. The predicted octanol–water partition coefficient (Wildman–Crippen LogP) is 3.32. The summed E-state index contributed by atoms with van der Waals surface area (Å²) in [6.07, 6.45) is 3.54. The second-order valence-electron chi connectivity index (χ2n) is 4.44. The molecule has 1 saturated carbocycles. The summed E-state index contributed by atoms with van der Waals surface area (Å²) in [6, 6.07) is 8.50. The second kappa shape index (κ2) is 3.32. The average molecular weight is 218 g/mol. The van der Waals surface area contributed by atoms with Crippen molar-refractivity contribution < 1.29 is 5.11 Å². The molecule has 1 N–H and O–H groups in total. The summed E-state index contributed by atoms with van der Waals surface area (Å²) in [7, 11) is 0. The maximum Gasteiger partial charge on any atom is 0.0528 e. The van der Waals surface area contributed by atoms with Gasteiger partial charge in [0.25, 0.3) is 0 Å². The van der Waals surface area contributed by atoms with Crippen LogP contribution < -0.4 is 0 Å². The summed E-state index contributed by atoms with van der Waals surface area (Å²) < 4.78 is 1.34. The summed E-state index contributed by atoms with van der Waals surface area (Å²) in [6.45, 7) is 0.299. The first-order valence-electron chi connectivity index (χ1n) is 5.43. The maximum atomic E-state index is 9.57. The van der Waals surface area contributed by atoms with Crippen LogP contribution in [0.4, 0.5) is 0 Å². The van der Waals surface area contributed by atoms with E-state index < -0.39 is 0 Å². The third-order valence-corrected chi connectivity index (χ3v) is 4.63. The summed E-state index contributed by atoms with van der Waals surface area (Å²) in [5, 5.41) is 13.2. The normalized spacial score (nSPS) is 19.0. The monoisotopic (exact) mass is 218 g/mol.